The Balaban J connectivity index is 2.02. The fourth-order valence-electron chi connectivity index (χ4n) is 3.04. The standard InChI is InChI=1S/C16H23Cl2NO3S/c1-15(10-20)8-19(9-16(15,2)11-21)5-6-23(22)14-7-12(17)3-4-13(14)18/h3-4,7,20-21H,5-6,8-11H2,1-2H3/t15-,16+,23?. The molecule has 4 nitrogen and oxygen atoms in total. The minimum absolute atomic E-state index is 0.0176. The van der Waals surface area contributed by atoms with Crippen molar-refractivity contribution >= 4 is 34.0 Å². The van der Waals surface area contributed by atoms with Gasteiger partial charge < -0.3 is 15.1 Å². The fourth-order valence-corrected chi connectivity index (χ4v) is 4.84. The van der Waals surface area contributed by atoms with Crippen molar-refractivity contribution in [2.24, 2.45) is 10.8 Å². The molecule has 0 aromatic heterocycles. The normalized spacial score (nSPS) is 29.8. The van der Waals surface area contributed by atoms with Gasteiger partial charge in [0, 0.05) is 41.2 Å². The Kier molecular flexibility index (Phi) is 6.15. The predicted molar refractivity (Wildman–Crippen MR) is 94.6 cm³/mol. The highest BCUT2D eigenvalue weighted by molar-refractivity contribution is 7.85. The molecule has 0 aliphatic carbocycles. The molecule has 1 fully saturated rings. The van der Waals surface area contributed by atoms with Crippen molar-refractivity contribution < 1.29 is 14.4 Å². The maximum absolute atomic E-state index is 12.5. The lowest BCUT2D eigenvalue weighted by Gasteiger charge is -2.36. The van der Waals surface area contributed by atoms with Crippen LogP contribution in [0, 0.1) is 10.8 Å². The topological polar surface area (TPSA) is 60.8 Å². The summed E-state index contributed by atoms with van der Waals surface area (Å²) in [6.07, 6.45) is 0. The number of likely N-dealkylation sites (tertiary alicyclic amines) is 1. The Labute approximate surface area is 149 Å². The lowest BCUT2D eigenvalue weighted by molar-refractivity contribution is 0.00976. The van der Waals surface area contributed by atoms with Crippen molar-refractivity contribution in [2.75, 3.05) is 38.6 Å². The van der Waals surface area contributed by atoms with Crippen LogP contribution in [0.5, 0.6) is 0 Å². The molecule has 23 heavy (non-hydrogen) atoms. The molecule has 1 aliphatic rings. The SMILES string of the molecule is C[C@]1(CO)CN(CCS(=O)c2cc(Cl)ccc2Cl)C[C@@]1(C)CO. The highest BCUT2D eigenvalue weighted by atomic mass is 35.5. The van der Waals surface area contributed by atoms with Crippen LogP contribution in [0.4, 0.5) is 0 Å². The molecule has 0 spiro atoms. The van der Waals surface area contributed by atoms with Crippen molar-refractivity contribution in [3.05, 3.63) is 28.2 Å². The van der Waals surface area contributed by atoms with Crippen LogP contribution in [0.1, 0.15) is 13.8 Å². The summed E-state index contributed by atoms with van der Waals surface area (Å²) < 4.78 is 12.5. The molecule has 1 aromatic carbocycles. The molecule has 1 aliphatic heterocycles. The monoisotopic (exact) mass is 379 g/mol. The molecular formula is C16H23Cl2NO3S. The van der Waals surface area contributed by atoms with E-state index in [-0.39, 0.29) is 24.0 Å². The average Bonchev–Trinajstić information content (AvgIpc) is 2.79. The van der Waals surface area contributed by atoms with Crippen molar-refractivity contribution in [1.29, 1.82) is 0 Å². The van der Waals surface area contributed by atoms with Crippen LogP contribution >= 0.6 is 23.2 Å². The molecule has 0 bridgehead atoms. The molecule has 3 atom stereocenters. The molecule has 2 N–H and O–H groups in total. The van der Waals surface area contributed by atoms with Gasteiger partial charge in [0.2, 0.25) is 0 Å². The molecule has 1 saturated heterocycles. The second kappa shape index (κ2) is 7.38. The highest BCUT2D eigenvalue weighted by Crippen LogP contribution is 2.45. The summed E-state index contributed by atoms with van der Waals surface area (Å²) in [4.78, 5) is 2.69. The quantitative estimate of drug-likeness (QED) is 0.796. The zero-order valence-electron chi connectivity index (χ0n) is 13.4. The second-order valence-corrected chi connectivity index (χ2v) is 9.16. The predicted octanol–water partition coefficient (Wildman–Crippen LogP) is 2.41. The van der Waals surface area contributed by atoms with E-state index < -0.39 is 10.8 Å². The zero-order valence-corrected chi connectivity index (χ0v) is 15.7. The van der Waals surface area contributed by atoms with E-state index in [4.69, 9.17) is 23.2 Å². The van der Waals surface area contributed by atoms with E-state index in [1.54, 1.807) is 18.2 Å². The lowest BCUT2D eigenvalue weighted by Crippen LogP contribution is -2.41. The Hall–Kier alpha value is -0.170. The van der Waals surface area contributed by atoms with Gasteiger partial charge in [0.15, 0.2) is 0 Å². The third-order valence-electron chi connectivity index (χ3n) is 5.03. The molecule has 2 rings (SSSR count). The van der Waals surface area contributed by atoms with Crippen molar-refractivity contribution in [3.63, 3.8) is 0 Å². The number of hydrogen-bond acceptors (Lipinski definition) is 4. The van der Waals surface area contributed by atoms with E-state index in [1.165, 1.54) is 0 Å². The summed E-state index contributed by atoms with van der Waals surface area (Å²) in [5.41, 5.74) is -0.728. The number of halogens is 2. The Morgan fingerprint density at radius 2 is 1.74 bits per heavy atom. The van der Waals surface area contributed by atoms with Crippen molar-refractivity contribution in [1.82, 2.24) is 4.90 Å². The number of rotatable bonds is 6. The maximum atomic E-state index is 12.5. The molecule has 0 amide bonds. The minimum Gasteiger partial charge on any atom is -0.396 e. The molecule has 130 valence electrons. The summed E-state index contributed by atoms with van der Waals surface area (Å²) >= 11 is 12.0. The van der Waals surface area contributed by atoms with E-state index in [0.29, 0.717) is 40.3 Å². The van der Waals surface area contributed by atoms with Gasteiger partial charge in [-0.05, 0) is 18.2 Å². The number of hydrogen-bond donors (Lipinski definition) is 2. The largest absolute Gasteiger partial charge is 0.396 e. The number of nitrogens with zero attached hydrogens (tertiary/aromatic N) is 1. The molecule has 7 heteroatoms. The van der Waals surface area contributed by atoms with Crippen LogP contribution in [0.15, 0.2) is 23.1 Å². The van der Waals surface area contributed by atoms with Gasteiger partial charge in [-0.1, -0.05) is 37.0 Å². The lowest BCUT2D eigenvalue weighted by atomic mass is 9.69. The highest BCUT2D eigenvalue weighted by Gasteiger charge is 2.51. The third-order valence-corrected chi connectivity index (χ3v) is 7.09. The summed E-state index contributed by atoms with van der Waals surface area (Å²) in [6, 6.07) is 4.96. The van der Waals surface area contributed by atoms with Gasteiger partial charge in [-0.2, -0.15) is 0 Å². The Morgan fingerprint density at radius 1 is 1.17 bits per heavy atom. The van der Waals surface area contributed by atoms with Crippen LogP contribution in [0.3, 0.4) is 0 Å². The van der Waals surface area contributed by atoms with Crippen LogP contribution < -0.4 is 0 Å². The van der Waals surface area contributed by atoms with Gasteiger partial charge >= 0.3 is 0 Å². The van der Waals surface area contributed by atoms with Crippen LogP contribution in [0.25, 0.3) is 0 Å². The molecule has 0 saturated carbocycles. The van der Waals surface area contributed by atoms with Crippen molar-refractivity contribution in [2.45, 2.75) is 18.7 Å². The second-order valence-electron chi connectivity index (χ2n) is 6.77. The average molecular weight is 380 g/mol. The minimum atomic E-state index is -1.24. The van der Waals surface area contributed by atoms with E-state index in [1.807, 2.05) is 13.8 Å². The fraction of sp³-hybridized carbons (Fsp3) is 0.625. The first-order valence-corrected chi connectivity index (χ1v) is 9.60. The molecule has 1 unspecified atom stereocenters. The Bertz CT molecular complexity index is 583. The molecular weight excluding hydrogens is 357 g/mol. The summed E-state index contributed by atoms with van der Waals surface area (Å²) in [6.45, 7) is 5.94. The van der Waals surface area contributed by atoms with E-state index in [0.717, 1.165) is 0 Å². The van der Waals surface area contributed by atoms with E-state index >= 15 is 0 Å². The van der Waals surface area contributed by atoms with Gasteiger partial charge in [0.05, 0.1) is 33.9 Å². The number of benzene rings is 1. The van der Waals surface area contributed by atoms with Crippen LogP contribution in [0.2, 0.25) is 10.0 Å². The van der Waals surface area contributed by atoms with E-state index in [9.17, 15) is 14.4 Å². The molecule has 1 aromatic rings. The maximum Gasteiger partial charge on any atom is 0.0589 e. The molecule has 1 heterocycles. The van der Waals surface area contributed by atoms with Gasteiger partial charge in [0.1, 0.15) is 0 Å². The summed E-state index contributed by atoms with van der Waals surface area (Å²) in [5, 5.41) is 20.4. The first-order valence-electron chi connectivity index (χ1n) is 7.52. The van der Waals surface area contributed by atoms with Gasteiger partial charge in [0.25, 0.3) is 0 Å². The summed E-state index contributed by atoms with van der Waals surface area (Å²) in [7, 11) is -1.24. The number of aliphatic hydroxyl groups excluding tert-OH is 2. The van der Waals surface area contributed by atoms with Crippen LogP contribution in [-0.4, -0.2) is 57.9 Å². The zero-order chi connectivity index (χ0) is 17.3. The van der Waals surface area contributed by atoms with Gasteiger partial charge in [-0.15, -0.1) is 0 Å². The third kappa shape index (κ3) is 3.91. The number of aliphatic hydroxyl groups is 2. The summed E-state index contributed by atoms with van der Waals surface area (Å²) in [5.74, 6) is 0.434. The van der Waals surface area contributed by atoms with E-state index in [2.05, 4.69) is 4.90 Å². The smallest absolute Gasteiger partial charge is 0.0589 e. The van der Waals surface area contributed by atoms with Gasteiger partial charge in [-0.25, -0.2) is 0 Å². The first-order chi connectivity index (χ1) is 10.7. The van der Waals surface area contributed by atoms with Crippen molar-refractivity contribution in [3.8, 4) is 0 Å². The molecule has 0 radical (unpaired) electrons. The first kappa shape index (κ1) is 19.2. The van der Waals surface area contributed by atoms with Crippen LogP contribution in [-0.2, 0) is 10.8 Å². The van der Waals surface area contributed by atoms with Gasteiger partial charge in [-0.3, -0.25) is 4.21 Å². The Morgan fingerprint density at radius 3 is 2.26 bits per heavy atom.